The highest BCUT2D eigenvalue weighted by molar-refractivity contribution is 7.13. The lowest BCUT2D eigenvalue weighted by molar-refractivity contribution is -0.142. The van der Waals surface area contributed by atoms with Gasteiger partial charge in [0.05, 0.1) is 16.3 Å². The van der Waals surface area contributed by atoms with Crippen molar-refractivity contribution in [3.63, 3.8) is 0 Å². The molecule has 94 valence electrons. The van der Waals surface area contributed by atoms with Gasteiger partial charge in [0.15, 0.2) is 0 Å². The molecule has 0 amide bonds. The topological polar surface area (TPSA) is 63.1 Å². The predicted molar refractivity (Wildman–Crippen MR) is 69.7 cm³/mol. The van der Waals surface area contributed by atoms with Crippen LogP contribution < -0.4 is 0 Å². The molecule has 2 heterocycles. The van der Waals surface area contributed by atoms with E-state index in [1.807, 2.05) is 12.1 Å². The Morgan fingerprint density at radius 1 is 1.33 bits per heavy atom. The highest BCUT2D eigenvalue weighted by Crippen LogP contribution is 2.38. The van der Waals surface area contributed by atoms with Crippen molar-refractivity contribution in [2.75, 3.05) is 0 Å². The van der Waals surface area contributed by atoms with E-state index in [1.54, 1.807) is 6.20 Å². The Morgan fingerprint density at radius 2 is 2.11 bits per heavy atom. The summed E-state index contributed by atoms with van der Waals surface area (Å²) in [5, 5.41) is 9.00. The normalized spacial score (nSPS) is 24.2. The second kappa shape index (κ2) is 4.65. The van der Waals surface area contributed by atoms with Crippen LogP contribution in [0.3, 0.4) is 0 Å². The number of carboxylic acids is 1. The Hall–Kier alpha value is -1.49. The van der Waals surface area contributed by atoms with Crippen LogP contribution in [0, 0.1) is 5.92 Å². The molecule has 3 rings (SSSR count). The largest absolute Gasteiger partial charge is 0.481 e. The van der Waals surface area contributed by atoms with Crippen LogP contribution in [-0.4, -0.2) is 20.4 Å². The Bertz CT molecular complexity index is 573. The van der Waals surface area contributed by atoms with Gasteiger partial charge in [-0.1, -0.05) is 0 Å². The molecule has 18 heavy (non-hydrogen) atoms. The Balaban J connectivity index is 1.82. The van der Waals surface area contributed by atoms with Gasteiger partial charge in [0.2, 0.25) is 0 Å². The van der Waals surface area contributed by atoms with Crippen molar-refractivity contribution in [2.45, 2.75) is 31.6 Å². The maximum atomic E-state index is 10.9. The minimum absolute atomic E-state index is 0.167. The molecule has 0 aliphatic heterocycles. The lowest BCUT2D eigenvalue weighted by Crippen LogP contribution is -2.20. The monoisotopic (exact) mass is 262 g/mol. The van der Waals surface area contributed by atoms with Crippen molar-refractivity contribution in [2.24, 2.45) is 5.92 Å². The zero-order valence-electron chi connectivity index (χ0n) is 9.87. The molecule has 0 radical (unpaired) electrons. The van der Waals surface area contributed by atoms with Crippen LogP contribution in [0.2, 0.25) is 0 Å². The first-order valence-electron chi connectivity index (χ1n) is 6.19. The quantitative estimate of drug-likeness (QED) is 0.903. The van der Waals surface area contributed by atoms with E-state index in [1.165, 1.54) is 11.5 Å². The van der Waals surface area contributed by atoms with Gasteiger partial charge < -0.3 is 5.11 Å². The molecule has 0 bridgehead atoms. The van der Waals surface area contributed by atoms with Crippen LogP contribution in [-0.2, 0) is 4.79 Å². The SMILES string of the molecule is O=C(O)C1CCC(c2nsc3cccnc23)CC1. The Morgan fingerprint density at radius 3 is 2.83 bits per heavy atom. The van der Waals surface area contributed by atoms with Crippen molar-refractivity contribution in [1.82, 2.24) is 9.36 Å². The van der Waals surface area contributed by atoms with Gasteiger partial charge in [-0.2, -0.15) is 4.37 Å². The van der Waals surface area contributed by atoms with Crippen LogP contribution in [0.25, 0.3) is 10.2 Å². The molecule has 1 aliphatic carbocycles. The molecule has 1 aliphatic rings. The molecule has 2 aromatic heterocycles. The number of carboxylic acid groups (broad SMARTS) is 1. The standard InChI is InChI=1S/C13H14N2O2S/c16-13(17)9-5-3-8(4-6-9)11-12-10(18-15-11)2-1-7-14-12/h1-2,7-9H,3-6H2,(H,16,17). The average molecular weight is 262 g/mol. The summed E-state index contributed by atoms with van der Waals surface area (Å²) in [5.41, 5.74) is 2.07. The van der Waals surface area contributed by atoms with E-state index in [-0.39, 0.29) is 5.92 Å². The average Bonchev–Trinajstić information content (AvgIpc) is 2.82. The smallest absolute Gasteiger partial charge is 0.306 e. The van der Waals surface area contributed by atoms with Crippen LogP contribution in [0.15, 0.2) is 18.3 Å². The number of hydrogen-bond acceptors (Lipinski definition) is 4. The van der Waals surface area contributed by atoms with Gasteiger partial charge in [0.1, 0.15) is 5.52 Å². The van der Waals surface area contributed by atoms with E-state index in [9.17, 15) is 4.79 Å². The molecule has 5 heteroatoms. The third-order valence-corrected chi connectivity index (χ3v) is 4.53. The molecule has 0 spiro atoms. The molecule has 0 saturated heterocycles. The maximum Gasteiger partial charge on any atom is 0.306 e. The molecule has 1 saturated carbocycles. The van der Waals surface area contributed by atoms with Crippen molar-refractivity contribution >= 4 is 27.7 Å². The maximum absolute atomic E-state index is 10.9. The van der Waals surface area contributed by atoms with E-state index >= 15 is 0 Å². The second-order valence-electron chi connectivity index (χ2n) is 4.80. The summed E-state index contributed by atoms with van der Waals surface area (Å²) in [7, 11) is 0. The lowest BCUT2D eigenvalue weighted by Gasteiger charge is -2.24. The van der Waals surface area contributed by atoms with Crippen LogP contribution in [0.4, 0.5) is 0 Å². The lowest BCUT2D eigenvalue weighted by atomic mass is 9.80. The molecule has 0 aromatic carbocycles. The summed E-state index contributed by atoms with van der Waals surface area (Å²) < 4.78 is 5.64. The third kappa shape index (κ3) is 1.99. The fourth-order valence-corrected chi connectivity index (χ4v) is 3.50. The predicted octanol–water partition coefficient (Wildman–Crippen LogP) is 3.05. The summed E-state index contributed by atoms with van der Waals surface area (Å²) in [6.07, 6.45) is 5.12. The van der Waals surface area contributed by atoms with Crippen molar-refractivity contribution in [3.05, 3.63) is 24.0 Å². The molecular formula is C13H14N2O2S. The molecule has 1 N–H and O–H groups in total. The van der Waals surface area contributed by atoms with E-state index in [4.69, 9.17) is 5.11 Å². The third-order valence-electron chi connectivity index (χ3n) is 3.72. The van der Waals surface area contributed by atoms with Gasteiger partial charge in [-0.15, -0.1) is 0 Å². The number of pyridine rings is 1. The van der Waals surface area contributed by atoms with E-state index in [2.05, 4.69) is 9.36 Å². The van der Waals surface area contributed by atoms with Gasteiger partial charge in [-0.3, -0.25) is 9.78 Å². The number of hydrogen-bond donors (Lipinski definition) is 1. The van der Waals surface area contributed by atoms with Crippen molar-refractivity contribution < 1.29 is 9.90 Å². The minimum Gasteiger partial charge on any atom is -0.481 e. The zero-order chi connectivity index (χ0) is 12.5. The number of nitrogens with zero attached hydrogens (tertiary/aromatic N) is 2. The summed E-state index contributed by atoms with van der Waals surface area (Å²) in [4.78, 5) is 15.3. The number of aromatic nitrogens is 2. The molecular weight excluding hydrogens is 248 g/mol. The van der Waals surface area contributed by atoms with Crippen molar-refractivity contribution in [1.29, 1.82) is 0 Å². The summed E-state index contributed by atoms with van der Waals surface area (Å²) in [6.45, 7) is 0. The number of fused-ring (bicyclic) bond motifs is 1. The van der Waals surface area contributed by atoms with Gasteiger partial charge >= 0.3 is 5.97 Å². The molecule has 0 atom stereocenters. The summed E-state index contributed by atoms with van der Waals surface area (Å²) >= 11 is 1.49. The molecule has 2 aromatic rings. The minimum atomic E-state index is -0.658. The fraction of sp³-hybridized carbons (Fsp3) is 0.462. The highest BCUT2D eigenvalue weighted by atomic mass is 32.1. The first-order chi connectivity index (χ1) is 8.75. The number of aliphatic carboxylic acids is 1. The zero-order valence-corrected chi connectivity index (χ0v) is 10.7. The molecule has 1 fully saturated rings. The van der Waals surface area contributed by atoms with Crippen LogP contribution in [0.1, 0.15) is 37.3 Å². The van der Waals surface area contributed by atoms with Gasteiger partial charge in [-0.05, 0) is 49.3 Å². The van der Waals surface area contributed by atoms with Gasteiger partial charge in [-0.25, -0.2) is 0 Å². The Kier molecular flexibility index (Phi) is 2.99. The second-order valence-corrected chi connectivity index (χ2v) is 5.61. The van der Waals surface area contributed by atoms with E-state index < -0.39 is 5.97 Å². The molecule has 0 unspecified atom stereocenters. The van der Waals surface area contributed by atoms with Crippen LogP contribution >= 0.6 is 11.5 Å². The molecule has 4 nitrogen and oxygen atoms in total. The highest BCUT2D eigenvalue weighted by Gasteiger charge is 2.29. The van der Waals surface area contributed by atoms with Crippen LogP contribution in [0.5, 0.6) is 0 Å². The van der Waals surface area contributed by atoms with Crippen molar-refractivity contribution in [3.8, 4) is 0 Å². The number of carbonyl (C=O) groups is 1. The fourth-order valence-electron chi connectivity index (χ4n) is 2.68. The van der Waals surface area contributed by atoms with E-state index in [0.29, 0.717) is 5.92 Å². The van der Waals surface area contributed by atoms with E-state index in [0.717, 1.165) is 41.6 Å². The first kappa shape index (κ1) is 11.6. The Labute approximate surface area is 109 Å². The first-order valence-corrected chi connectivity index (χ1v) is 6.96. The summed E-state index contributed by atoms with van der Waals surface area (Å²) in [6, 6.07) is 3.96. The van der Waals surface area contributed by atoms with Gasteiger partial charge in [0.25, 0.3) is 0 Å². The summed E-state index contributed by atoms with van der Waals surface area (Å²) in [5.74, 6) is -0.446. The van der Waals surface area contributed by atoms with Gasteiger partial charge in [0, 0.05) is 12.1 Å². The number of rotatable bonds is 2.